The number of benzene rings is 1. The van der Waals surface area contributed by atoms with E-state index >= 15 is 0 Å². The molecule has 110 valence electrons. The van der Waals surface area contributed by atoms with Crippen molar-refractivity contribution in [3.05, 3.63) is 28.8 Å². The molecule has 0 fully saturated rings. The Morgan fingerprint density at radius 1 is 1.40 bits per heavy atom. The van der Waals surface area contributed by atoms with Crippen molar-refractivity contribution < 1.29 is 19.8 Å². The number of amides is 2. The Kier molecular flexibility index (Phi) is 5.79. The lowest BCUT2D eigenvalue weighted by Gasteiger charge is -2.26. The van der Waals surface area contributed by atoms with E-state index in [1.807, 2.05) is 0 Å². The highest BCUT2D eigenvalue weighted by molar-refractivity contribution is 6.31. The summed E-state index contributed by atoms with van der Waals surface area (Å²) in [6.07, 6.45) is 0. The number of urea groups is 1. The normalized spacial score (nSPS) is 10.4. The van der Waals surface area contributed by atoms with Crippen molar-refractivity contribution in [1.29, 1.82) is 0 Å². The zero-order valence-electron chi connectivity index (χ0n) is 11.3. The van der Waals surface area contributed by atoms with E-state index < -0.39 is 12.0 Å². The maximum atomic E-state index is 12.1. The molecule has 0 aliphatic carbocycles. The Morgan fingerprint density at radius 2 is 2.05 bits per heavy atom. The molecular formula is C13H17ClN2O4. The second kappa shape index (κ2) is 7.12. The highest BCUT2D eigenvalue weighted by Gasteiger charge is 2.19. The van der Waals surface area contributed by atoms with Gasteiger partial charge in [-0.3, -0.25) is 0 Å². The molecule has 1 aromatic carbocycles. The van der Waals surface area contributed by atoms with E-state index in [1.165, 1.54) is 23.1 Å². The summed E-state index contributed by atoms with van der Waals surface area (Å²) in [4.78, 5) is 24.6. The van der Waals surface area contributed by atoms with E-state index in [4.69, 9.17) is 21.8 Å². The minimum Gasteiger partial charge on any atom is -0.478 e. The fraction of sp³-hybridized carbons (Fsp3) is 0.385. The standard InChI is InChI=1S/C13H17ClN2O4/c1-8(2)16(5-6-17)13(20)15-11-7-9(14)3-4-10(11)12(18)19/h3-4,7-8,17H,5-6H2,1-2H3,(H,15,20)(H,18,19). The number of rotatable bonds is 5. The fourth-order valence-electron chi connectivity index (χ4n) is 1.70. The molecule has 20 heavy (non-hydrogen) atoms. The van der Waals surface area contributed by atoms with Crippen molar-refractivity contribution in [2.75, 3.05) is 18.5 Å². The van der Waals surface area contributed by atoms with E-state index in [-0.39, 0.29) is 30.4 Å². The van der Waals surface area contributed by atoms with E-state index in [2.05, 4.69) is 5.32 Å². The molecule has 0 aromatic heterocycles. The first-order valence-corrected chi connectivity index (χ1v) is 6.46. The van der Waals surface area contributed by atoms with Crippen LogP contribution < -0.4 is 5.32 Å². The van der Waals surface area contributed by atoms with Gasteiger partial charge in [0.1, 0.15) is 0 Å². The van der Waals surface area contributed by atoms with Crippen LogP contribution in [0.3, 0.4) is 0 Å². The average molecular weight is 301 g/mol. The molecule has 1 aromatic rings. The maximum absolute atomic E-state index is 12.1. The minimum atomic E-state index is -1.16. The zero-order chi connectivity index (χ0) is 15.3. The Bertz CT molecular complexity index is 505. The molecule has 1 rings (SSSR count). The van der Waals surface area contributed by atoms with Gasteiger partial charge in [-0.2, -0.15) is 0 Å². The Hall–Kier alpha value is -1.79. The summed E-state index contributed by atoms with van der Waals surface area (Å²) < 4.78 is 0. The van der Waals surface area contributed by atoms with Gasteiger partial charge < -0.3 is 20.4 Å². The lowest BCUT2D eigenvalue weighted by atomic mass is 10.2. The van der Waals surface area contributed by atoms with Gasteiger partial charge in [-0.05, 0) is 32.0 Å². The summed E-state index contributed by atoms with van der Waals surface area (Å²) in [6, 6.07) is 3.52. The van der Waals surface area contributed by atoms with E-state index in [9.17, 15) is 9.59 Å². The highest BCUT2D eigenvalue weighted by Crippen LogP contribution is 2.21. The van der Waals surface area contributed by atoms with Crippen LogP contribution in [0.5, 0.6) is 0 Å². The third-order valence-electron chi connectivity index (χ3n) is 2.68. The third kappa shape index (κ3) is 4.11. The lowest BCUT2D eigenvalue weighted by Crippen LogP contribution is -2.42. The molecule has 0 saturated heterocycles. The summed E-state index contributed by atoms with van der Waals surface area (Å²) in [5, 5.41) is 20.9. The number of carboxylic acids is 1. The number of aromatic carboxylic acids is 1. The van der Waals surface area contributed by atoms with Crippen LogP contribution >= 0.6 is 11.6 Å². The second-order valence-electron chi connectivity index (χ2n) is 4.44. The quantitative estimate of drug-likeness (QED) is 0.778. The van der Waals surface area contributed by atoms with Crippen LogP contribution in [0.15, 0.2) is 18.2 Å². The maximum Gasteiger partial charge on any atom is 0.337 e. The van der Waals surface area contributed by atoms with Gasteiger partial charge in [-0.15, -0.1) is 0 Å². The second-order valence-corrected chi connectivity index (χ2v) is 4.87. The van der Waals surface area contributed by atoms with Crippen molar-refractivity contribution in [2.45, 2.75) is 19.9 Å². The number of aliphatic hydroxyl groups is 1. The molecule has 0 heterocycles. The number of nitrogens with zero attached hydrogens (tertiary/aromatic N) is 1. The van der Waals surface area contributed by atoms with Crippen LogP contribution in [-0.2, 0) is 0 Å². The van der Waals surface area contributed by atoms with Crippen LogP contribution in [0, 0.1) is 0 Å². The molecule has 0 bridgehead atoms. The van der Waals surface area contributed by atoms with Crippen molar-refractivity contribution >= 4 is 29.3 Å². The van der Waals surface area contributed by atoms with Gasteiger partial charge in [0, 0.05) is 17.6 Å². The first kappa shape index (κ1) is 16.3. The Balaban J connectivity index is 2.99. The van der Waals surface area contributed by atoms with E-state index in [0.29, 0.717) is 5.02 Å². The number of hydrogen-bond acceptors (Lipinski definition) is 3. The highest BCUT2D eigenvalue weighted by atomic mass is 35.5. The Labute approximate surface area is 122 Å². The van der Waals surface area contributed by atoms with E-state index in [1.54, 1.807) is 13.8 Å². The van der Waals surface area contributed by atoms with E-state index in [0.717, 1.165) is 0 Å². The van der Waals surface area contributed by atoms with Crippen molar-refractivity contribution in [2.24, 2.45) is 0 Å². The van der Waals surface area contributed by atoms with Crippen LogP contribution in [0.1, 0.15) is 24.2 Å². The minimum absolute atomic E-state index is 0.0459. The summed E-state index contributed by atoms with van der Waals surface area (Å²) in [5.74, 6) is -1.16. The SMILES string of the molecule is CC(C)N(CCO)C(=O)Nc1cc(Cl)ccc1C(=O)O. The molecule has 0 atom stereocenters. The first-order valence-electron chi connectivity index (χ1n) is 6.08. The van der Waals surface area contributed by atoms with Gasteiger partial charge in [0.2, 0.25) is 0 Å². The molecule has 3 N–H and O–H groups in total. The molecule has 2 amide bonds. The molecular weight excluding hydrogens is 284 g/mol. The lowest BCUT2D eigenvalue weighted by molar-refractivity contribution is 0.0698. The van der Waals surface area contributed by atoms with Crippen LogP contribution in [0.4, 0.5) is 10.5 Å². The van der Waals surface area contributed by atoms with Crippen molar-refractivity contribution in [3.63, 3.8) is 0 Å². The molecule has 0 spiro atoms. The zero-order valence-corrected chi connectivity index (χ0v) is 12.0. The fourth-order valence-corrected chi connectivity index (χ4v) is 1.87. The molecule has 7 heteroatoms. The number of halogens is 1. The van der Waals surface area contributed by atoms with Crippen LogP contribution in [-0.4, -0.2) is 46.3 Å². The average Bonchev–Trinajstić information content (AvgIpc) is 2.34. The van der Waals surface area contributed by atoms with Gasteiger partial charge in [0.15, 0.2) is 0 Å². The molecule has 0 aliphatic heterocycles. The number of anilines is 1. The topological polar surface area (TPSA) is 89.9 Å². The smallest absolute Gasteiger partial charge is 0.337 e. The van der Waals surface area contributed by atoms with Crippen molar-refractivity contribution in [1.82, 2.24) is 4.90 Å². The number of carbonyl (C=O) groups excluding carboxylic acids is 1. The summed E-state index contributed by atoms with van der Waals surface area (Å²) >= 11 is 5.81. The molecule has 0 aliphatic rings. The largest absolute Gasteiger partial charge is 0.478 e. The summed E-state index contributed by atoms with van der Waals surface area (Å²) in [6.45, 7) is 3.58. The summed E-state index contributed by atoms with van der Waals surface area (Å²) in [7, 11) is 0. The molecule has 0 saturated carbocycles. The third-order valence-corrected chi connectivity index (χ3v) is 2.91. The van der Waals surface area contributed by atoms with Gasteiger partial charge >= 0.3 is 12.0 Å². The van der Waals surface area contributed by atoms with Gasteiger partial charge in [0.25, 0.3) is 0 Å². The predicted octanol–water partition coefficient (Wildman–Crippen LogP) is 2.27. The summed E-state index contributed by atoms with van der Waals surface area (Å²) in [5.41, 5.74) is 0.0778. The van der Waals surface area contributed by atoms with Crippen LogP contribution in [0.25, 0.3) is 0 Å². The monoisotopic (exact) mass is 300 g/mol. The Morgan fingerprint density at radius 3 is 2.55 bits per heavy atom. The predicted molar refractivity (Wildman–Crippen MR) is 76.4 cm³/mol. The van der Waals surface area contributed by atoms with Gasteiger partial charge in [-0.25, -0.2) is 9.59 Å². The first-order chi connectivity index (χ1) is 9.36. The van der Waals surface area contributed by atoms with Crippen LogP contribution in [0.2, 0.25) is 5.02 Å². The number of carbonyl (C=O) groups is 2. The van der Waals surface area contributed by atoms with Crippen molar-refractivity contribution in [3.8, 4) is 0 Å². The molecule has 6 nitrogen and oxygen atoms in total. The van der Waals surface area contributed by atoms with Gasteiger partial charge in [-0.1, -0.05) is 11.6 Å². The number of carboxylic acid groups (broad SMARTS) is 1. The number of nitrogens with one attached hydrogen (secondary N) is 1. The molecule has 0 radical (unpaired) electrons. The van der Waals surface area contributed by atoms with Gasteiger partial charge in [0.05, 0.1) is 17.9 Å². The number of hydrogen-bond donors (Lipinski definition) is 3. The number of aliphatic hydroxyl groups excluding tert-OH is 1. The molecule has 0 unspecified atom stereocenters.